The Hall–Kier alpha value is -1.26. The number of rotatable bonds is 5. The van der Waals surface area contributed by atoms with Crippen molar-refractivity contribution in [2.75, 3.05) is 27.2 Å². The summed E-state index contributed by atoms with van der Waals surface area (Å²) in [7, 11) is 3.48. The van der Waals surface area contributed by atoms with Crippen LogP contribution in [0.2, 0.25) is 5.02 Å². The molecule has 1 aliphatic rings. The van der Waals surface area contributed by atoms with Gasteiger partial charge in [0.2, 0.25) is 0 Å². The Morgan fingerprint density at radius 2 is 1.90 bits per heavy atom. The highest BCUT2D eigenvalue weighted by Gasteiger charge is 2.29. The number of halogens is 1. The van der Waals surface area contributed by atoms with Crippen molar-refractivity contribution in [3.63, 3.8) is 0 Å². The van der Waals surface area contributed by atoms with E-state index < -0.39 is 0 Å². The van der Waals surface area contributed by atoms with Crippen molar-refractivity contribution in [2.24, 2.45) is 0 Å². The minimum Gasteiger partial charge on any atom is -0.337 e. The Labute approximate surface area is 125 Å². The SMILES string of the molecule is CN(C)C(=O)NCCNC1CC(c2ccc(Cl)cc2)C1. The summed E-state index contributed by atoms with van der Waals surface area (Å²) in [5, 5.41) is 7.10. The van der Waals surface area contributed by atoms with E-state index in [1.807, 2.05) is 12.1 Å². The minimum absolute atomic E-state index is 0.0422. The number of carbonyl (C=O) groups excluding carboxylic acids is 1. The molecule has 0 radical (unpaired) electrons. The largest absolute Gasteiger partial charge is 0.337 e. The maximum absolute atomic E-state index is 11.3. The molecular formula is C15H22ClN3O. The fourth-order valence-electron chi connectivity index (χ4n) is 2.40. The summed E-state index contributed by atoms with van der Waals surface area (Å²) in [6.07, 6.45) is 2.31. The van der Waals surface area contributed by atoms with Crippen molar-refractivity contribution < 1.29 is 4.79 Å². The Balaban J connectivity index is 1.60. The normalized spacial score (nSPS) is 21.1. The molecule has 1 fully saturated rings. The van der Waals surface area contributed by atoms with E-state index in [0.29, 0.717) is 18.5 Å². The quantitative estimate of drug-likeness (QED) is 0.820. The lowest BCUT2D eigenvalue weighted by atomic mass is 9.76. The first-order valence-corrected chi connectivity index (χ1v) is 7.38. The van der Waals surface area contributed by atoms with Crippen LogP contribution < -0.4 is 10.6 Å². The molecule has 0 bridgehead atoms. The molecule has 0 heterocycles. The van der Waals surface area contributed by atoms with E-state index in [9.17, 15) is 4.79 Å². The van der Waals surface area contributed by atoms with Crippen LogP contribution in [0, 0.1) is 0 Å². The molecule has 0 atom stereocenters. The summed E-state index contributed by atoms with van der Waals surface area (Å²) >= 11 is 5.89. The van der Waals surface area contributed by atoms with E-state index in [1.165, 1.54) is 5.56 Å². The average molecular weight is 296 g/mol. The van der Waals surface area contributed by atoms with Gasteiger partial charge in [0.15, 0.2) is 0 Å². The van der Waals surface area contributed by atoms with E-state index in [1.54, 1.807) is 19.0 Å². The second kappa shape index (κ2) is 6.95. The molecule has 5 heteroatoms. The highest BCUT2D eigenvalue weighted by atomic mass is 35.5. The van der Waals surface area contributed by atoms with E-state index in [4.69, 9.17) is 11.6 Å². The average Bonchev–Trinajstić information content (AvgIpc) is 2.37. The van der Waals surface area contributed by atoms with Gasteiger partial charge in [-0.2, -0.15) is 0 Å². The van der Waals surface area contributed by atoms with Crippen LogP contribution in [0.25, 0.3) is 0 Å². The molecule has 0 spiro atoms. The third-order valence-corrected chi connectivity index (χ3v) is 3.97. The number of hydrogen-bond donors (Lipinski definition) is 2. The molecule has 1 aromatic rings. The lowest BCUT2D eigenvalue weighted by Gasteiger charge is -2.36. The van der Waals surface area contributed by atoms with Crippen LogP contribution in [0.1, 0.15) is 24.3 Å². The van der Waals surface area contributed by atoms with Crippen molar-refractivity contribution in [2.45, 2.75) is 24.8 Å². The van der Waals surface area contributed by atoms with Crippen molar-refractivity contribution in [3.8, 4) is 0 Å². The summed E-state index contributed by atoms with van der Waals surface area (Å²) in [5.74, 6) is 0.640. The van der Waals surface area contributed by atoms with Crippen LogP contribution in [-0.2, 0) is 0 Å². The van der Waals surface area contributed by atoms with Gasteiger partial charge >= 0.3 is 6.03 Å². The van der Waals surface area contributed by atoms with Crippen LogP contribution in [0.3, 0.4) is 0 Å². The zero-order valence-corrected chi connectivity index (χ0v) is 12.8. The first-order chi connectivity index (χ1) is 9.56. The van der Waals surface area contributed by atoms with E-state index >= 15 is 0 Å². The molecule has 110 valence electrons. The molecule has 0 aromatic heterocycles. The zero-order valence-electron chi connectivity index (χ0n) is 12.0. The van der Waals surface area contributed by atoms with Gasteiger partial charge in [0.05, 0.1) is 0 Å². The van der Waals surface area contributed by atoms with Gasteiger partial charge in [-0.05, 0) is 36.5 Å². The molecule has 1 saturated carbocycles. The fourth-order valence-corrected chi connectivity index (χ4v) is 2.52. The first kappa shape index (κ1) is 15.1. The number of nitrogens with one attached hydrogen (secondary N) is 2. The molecular weight excluding hydrogens is 274 g/mol. The molecule has 1 aliphatic carbocycles. The first-order valence-electron chi connectivity index (χ1n) is 7.00. The summed E-state index contributed by atoms with van der Waals surface area (Å²) in [5.41, 5.74) is 1.37. The molecule has 1 aromatic carbocycles. The minimum atomic E-state index is -0.0422. The Morgan fingerprint density at radius 3 is 2.50 bits per heavy atom. The van der Waals surface area contributed by atoms with Crippen molar-refractivity contribution in [3.05, 3.63) is 34.9 Å². The monoisotopic (exact) mass is 295 g/mol. The van der Waals surface area contributed by atoms with E-state index in [0.717, 1.165) is 24.4 Å². The molecule has 2 amide bonds. The lowest BCUT2D eigenvalue weighted by Crippen LogP contribution is -2.44. The number of hydrogen-bond acceptors (Lipinski definition) is 2. The maximum atomic E-state index is 11.3. The molecule has 2 N–H and O–H groups in total. The molecule has 4 nitrogen and oxygen atoms in total. The highest BCUT2D eigenvalue weighted by molar-refractivity contribution is 6.30. The topological polar surface area (TPSA) is 44.4 Å². The predicted octanol–water partition coefficient (Wildman–Crippen LogP) is 2.45. The van der Waals surface area contributed by atoms with Gasteiger partial charge in [-0.1, -0.05) is 23.7 Å². The predicted molar refractivity (Wildman–Crippen MR) is 82.3 cm³/mol. The van der Waals surface area contributed by atoms with Crippen LogP contribution in [0.15, 0.2) is 24.3 Å². The summed E-state index contributed by atoms with van der Waals surface area (Å²) in [6, 6.07) is 8.65. The van der Waals surface area contributed by atoms with Gasteiger partial charge in [0.25, 0.3) is 0 Å². The van der Waals surface area contributed by atoms with Crippen LogP contribution in [0.4, 0.5) is 4.79 Å². The van der Waals surface area contributed by atoms with Gasteiger partial charge in [0, 0.05) is 38.2 Å². The lowest BCUT2D eigenvalue weighted by molar-refractivity contribution is 0.216. The fraction of sp³-hybridized carbons (Fsp3) is 0.533. The second-order valence-electron chi connectivity index (χ2n) is 5.50. The van der Waals surface area contributed by atoms with Gasteiger partial charge in [-0.25, -0.2) is 4.79 Å². The number of carbonyl (C=O) groups is 1. The molecule has 0 aliphatic heterocycles. The number of amides is 2. The molecule has 20 heavy (non-hydrogen) atoms. The van der Waals surface area contributed by atoms with Crippen molar-refractivity contribution >= 4 is 17.6 Å². The van der Waals surface area contributed by atoms with Crippen molar-refractivity contribution in [1.29, 1.82) is 0 Å². The zero-order chi connectivity index (χ0) is 14.5. The van der Waals surface area contributed by atoms with Gasteiger partial charge < -0.3 is 15.5 Å². The third kappa shape index (κ3) is 4.12. The van der Waals surface area contributed by atoms with Crippen molar-refractivity contribution in [1.82, 2.24) is 15.5 Å². The number of benzene rings is 1. The van der Waals surface area contributed by atoms with Gasteiger partial charge in [-0.3, -0.25) is 0 Å². The van der Waals surface area contributed by atoms with E-state index in [2.05, 4.69) is 22.8 Å². The summed E-state index contributed by atoms with van der Waals surface area (Å²) in [6.45, 7) is 1.48. The molecule has 0 unspecified atom stereocenters. The van der Waals surface area contributed by atoms with Crippen LogP contribution in [0.5, 0.6) is 0 Å². The van der Waals surface area contributed by atoms with E-state index in [-0.39, 0.29) is 6.03 Å². The second-order valence-corrected chi connectivity index (χ2v) is 5.93. The standard InChI is InChI=1S/C15H22ClN3O/c1-19(2)15(20)18-8-7-17-14-9-12(10-14)11-3-5-13(16)6-4-11/h3-6,12,14,17H,7-10H2,1-2H3,(H,18,20). The summed E-state index contributed by atoms with van der Waals surface area (Å²) in [4.78, 5) is 12.9. The summed E-state index contributed by atoms with van der Waals surface area (Å²) < 4.78 is 0. The Kier molecular flexibility index (Phi) is 5.26. The molecule has 2 rings (SSSR count). The Morgan fingerprint density at radius 1 is 1.25 bits per heavy atom. The highest BCUT2D eigenvalue weighted by Crippen LogP contribution is 2.36. The van der Waals surface area contributed by atoms with Gasteiger partial charge in [0.1, 0.15) is 0 Å². The Bertz CT molecular complexity index is 441. The smallest absolute Gasteiger partial charge is 0.316 e. The number of urea groups is 1. The van der Waals surface area contributed by atoms with Crippen LogP contribution >= 0.6 is 11.6 Å². The number of nitrogens with zero attached hydrogens (tertiary/aromatic N) is 1. The van der Waals surface area contributed by atoms with Crippen LogP contribution in [-0.4, -0.2) is 44.2 Å². The third-order valence-electron chi connectivity index (χ3n) is 3.72. The maximum Gasteiger partial charge on any atom is 0.316 e. The van der Waals surface area contributed by atoms with Gasteiger partial charge in [-0.15, -0.1) is 0 Å². The molecule has 0 saturated heterocycles.